The zero-order valence-corrected chi connectivity index (χ0v) is 15.7. The van der Waals surface area contributed by atoms with Gasteiger partial charge in [0.2, 0.25) is 0 Å². The van der Waals surface area contributed by atoms with Gasteiger partial charge in [-0.1, -0.05) is 11.6 Å². The molecule has 0 aliphatic carbocycles. The van der Waals surface area contributed by atoms with E-state index in [1.54, 1.807) is 49.4 Å². The zero-order valence-electron chi connectivity index (χ0n) is 14.9. The van der Waals surface area contributed by atoms with E-state index in [4.69, 9.17) is 11.6 Å². The summed E-state index contributed by atoms with van der Waals surface area (Å²) in [5.74, 6) is -0.306. The van der Waals surface area contributed by atoms with E-state index >= 15 is 0 Å². The number of hydrogen-bond donors (Lipinski definition) is 3. The first kappa shape index (κ1) is 18.2. The van der Waals surface area contributed by atoms with Crippen molar-refractivity contribution < 1.29 is 9.90 Å². The van der Waals surface area contributed by atoms with Crippen LogP contribution in [0.1, 0.15) is 17.3 Å². The van der Waals surface area contributed by atoms with Gasteiger partial charge >= 0.3 is 0 Å². The minimum atomic E-state index is -0.637. The standard InChI is InChI=1S/C20H17ClN4O3/c1-11(26)9-23-19(27)12-2-7-17-15(8-12)18-16(10-22-17)20(28)25(24-18)14-5-3-13(21)4-6-14/h2-8,10-11,24,26H,9H2,1H3,(H,23,27). The summed E-state index contributed by atoms with van der Waals surface area (Å²) in [4.78, 5) is 29.5. The van der Waals surface area contributed by atoms with Crippen molar-refractivity contribution in [3.8, 4) is 5.69 Å². The van der Waals surface area contributed by atoms with Crippen LogP contribution < -0.4 is 10.9 Å². The minimum Gasteiger partial charge on any atom is -0.392 e. The highest BCUT2D eigenvalue weighted by atomic mass is 35.5. The molecule has 0 aliphatic heterocycles. The number of amides is 1. The fourth-order valence-corrected chi connectivity index (χ4v) is 3.14. The van der Waals surface area contributed by atoms with Crippen LogP contribution in [-0.4, -0.2) is 38.4 Å². The molecule has 0 radical (unpaired) electrons. The Morgan fingerprint density at radius 3 is 2.71 bits per heavy atom. The molecule has 3 N–H and O–H groups in total. The second-order valence-electron chi connectivity index (χ2n) is 6.57. The minimum absolute atomic E-state index is 0.156. The van der Waals surface area contributed by atoms with Crippen LogP contribution in [0.15, 0.2) is 53.5 Å². The maximum absolute atomic E-state index is 12.8. The Balaban J connectivity index is 1.85. The highest BCUT2D eigenvalue weighted by Gasteiger charge is 2.14. The van der Waals surface area contributed by atoms with Gasteiger partial charge in [0.1, 0.15) is 0 Å². The van der Waals surface area contributed by atoms with E-state index in [9.17, 15) is 14.7 Å². The van der Waals surface area contributed by atoms with E-state index in [0.717, 1.165) is 0 Å². The maximum Gasteiger partial charge on any atom is 0.280 e. The average Bonchev–Trinajstić information content (AvgIpc) is 3.03. The number of carbonyl (C=O) groups is 1. The van der Waals surface area contributed by atoms with Crippen molar-refractivity contribution >= 4 is 39.3 Å². The molecule has 1 amide bonds. The monoisotopic (exact) mass is 396 g/mol. The first-order valence-corrected chi connectivity index (χ1v) is 9.07. The molecule has 1 unspecified atom stereocenters. The summed E-state index contributed by atoms with van der Waals surface area (Å²) in [5.41, 5.74) is 2.07. The predicted octanol–water partition coefficient (Wildman–Crippen LogP) is 2.63. The smallest absolute Gasteiger partial charge is 0.280 e. The Kier molecular flexibility index (Phi) is 4.62. The molecule has 0 saturated carbocycles. The SMILES string of the molecule is CC(O)CNC(=O)c1ccc2ncc3c(=O)n(-c4ccc(Cl)cc4)[nH]c3c2c1. The molecular weight excluding hydrogens is 380 g/mol. The fraction of sp³-hybridized carbons (Fsp3) is 0.150. The zero-order chi connectivity index (χ0) is 19.8. The van der Waals surface area contributed by atoms with Gasteiger partial charge in [-0.2, -0.15) is 0 Å². The van der Waals surface area contributed by atoms with E-state index in [0.29, 0.717) is 38.1 Å². The van der Waals surface area contributed by atoms with Crippen molar-refractivity contribution in [2.45, 2.75) is 13.0 Å². The van der Waals surface area contributed by atoms with Gasteiger partial charge in [-0.15, -0.1) is 0 Å². The summed E-state index contributed by atoms with van der Waals surface area (Å²) in [6.07, 6.45) is 0.887. The van der Waals surface area contributed by atoms with Crippen LogP contribution in [-0.2, 0) is 0 Å². The molecular formula is C20H17ClN4O3. The van der Waals surface area contributed by atoms with Crippen LogP contribution in [0.2, 0.25) is 5.02 Å². The number of halogens is 1. The molecule has 4 aromatic rings. The van der Waals surface area contributed by atoms with Crippen molar-refractivity contribution in [2.24, 2.45) is 0 Å². The van der Waals surface area contributed by atoms with Gasteiger partial charge in [0, 0.05) is 28.7 Å². The molecule has 0 bridgehead atoms. The molecule has 0 fully saturated rings. The predicted molar refractivity (Wildman–Crippen MR) is 108 cm³/mol. The van der Waals surface area contributed by atoms with Crippen molar-refractivity contribution in [3.63, 3.8) is 0 Å². The number of nitrogens with one attached hydrogen (secondary N) is 2. The first-order valence-electron chi connectivity index (χ1n) is 8.70. The second kappa shape index (κ2) is 7.10. The normalized spacial score (nSPS) is 12.4. The summed E-state index contributed by atoms with van der Waals surface area (Å²) < 4.78 is 1.42. The lowest BCUT2D eigenvalue weighted by molar-refractivity contribution is 0.0924. The van der Waals surface area contributed by atoms with Gasteiger partial charge in [-0.3, -0.25) is 19.7 Å². The molecule has 0 aliphatic rings. The van der Waals surface area contributed by atoms with E-state index in [-0.39, 0.29) is 18.0 Å². The molecule has 2 heterocycles. The highest BCUT2D eigenvalue weighted by molar-refractivity contribution is 6.30. The summed E-state index contributed by atoms with van der Waals surface area (Å²) in [6, 6.07) is 12.0. The topological polar surface area (TPSA) is 100 Å². The summed E-state index contributed by atoms with van der Waals surface area (Å²) in [7, 11) is 0. The molecule has 2 aromatic heterocycles. The summed E-state index contributed by atoms with van der Waals surface area (Å²) in [6.45, 7) is 1.75. The van der Waals surface area contributed by atoms with Gasteiger partial charge in [0.05, 0.1) is 28.2 Å². The van der Waals surface area contributed by atoms with Crippen LogP contribution in [0.4, 0.5) is 0 Å². The molecule has 28 heavy (non-hydrogen) atoms. The van der Waals surface area contributed by atoms with Crippen LogP contribution in [0.3, 0.4) is 0 Å². The van der Waals surface area contributed by atoms with E-state index in [1.807, 2.05) is 0 Å². The van der Waals surface area contributed by atoms with Gasteiger partial charge < -0.3 is 10.4 Å². The number of benzene rings is 2. The van der Waals surface area contributed by atoms with Crippen molar-refractivity contribution in [1.82, 2.24) is 20.1 Å². The lowest BCUT2D eigenvalue weighted by atomic mass is 10.1. The number of hydrogen-bond acceptors (Lipinski definition) is 4. The number of pyridine rings is 1. The molecule has 0 saturated heterocycles. The number of H-pyrrole nitrogens is 1. The van der Waals surface area contributed by atoms with Crippen molar-refractivity contribution in [2.75, 3.05) is 6.54 Å². The van der Waals surface area contributed by atoms with Gasteiger partial charge in [-0.05, 0) is 49.4 Å². The molecule has 8 heteroatoms. The molecule has 7 nitrogen and oxygen atoms in total. The van der Waals surface area contributed by atoms with E-state index in [1.165, 1.54) is 10.9 Å². The third-order valence-corrected chi connectivity index (χ3v) is 4.68. The Labute approximate surface area is 164 Å². The van der Waals surface area contributed by atoms with E-state index < -0.39 is 6.10 Å². The molecule has 0 spiro atoms. The van der Waals surface area contributed by atoms with Crippen molar-refractivity contribution in [1.29, 1.82) is 0 Å². The van der Waals surface area contributed by atoms with Crippen LogP contribution in [0.5, 0.6) is 0 Å². The number of rotatable bonds is 4. The number of aromatic amines is 1. The molecule has 142 valence electrons. The van der Waals surface area contributed by atoms with Gasteiger partial charge in [-0.25, -0.2) is 4.68 Å². The largest absolute Gasteiger partial charge is 0.392 e. The van der Waals surface area contributed by atoms with Crippen LogP contribution >= 0.6 is 11.6 Å². The lowest BCUT2D eigenvalue weighted by Gasteiger charge is -2.08. The highest BCUT2D eigenvalue weighted by Crippen LogP contribution is 2.22. The number of carbonyl (C=O) groups excluding carboxylic acids is 1. The molecule has 1 atom stereocenters. The number of aliphatic hydroxyl groups is 1. The lowest BCUT2D eigenvalue weighted by Crippen LogP contribution is -2.30. The fourth-order valence-electron chi connectivity index (χ4n) is 3.01. The van der Waals surface area contributed by atoms with Gasteiger partial charge in [0.25, 0.3) is 11.5 Å². The maximum atomic E-state index is 12.8. The summed E-state index contributed by atoms with van der Waals surface area (Å²) in [5, 5.41) is 16.8. The van der Waals surface area contributed by atoms with Crippen LogP contribution in [0, 0.1) is 0 Å². The number of fused-ring (bicyclic) bond motifs is 3. The third-order valence-electron chi connectivity index (χ3n) is 4.43. The Bertz CT molecular complexity index is 1240. The first-order chi connectivity index (χ1) is 13.4. The number of aliphatic hydroxyl groups excluding tert-OH is 1. The van der Waals surface area contributed by atoms with Gasteiger partial charge in [0.15, 0.2) is 0 Å². The third kappa shape index (κ3) is 3.26. The number of nitrogens with zero attached hydrogens (tertiary/aromatic N) is 2. The van der Waals surface area contributed by atoms with Crippen molar-refractivity contribution in [3.05, 3.63) is 69.6 Å². The molecule has 4 rings (SSSR count). The molecule has 2 aromatic carbocycles. The quantitative estimate of drug-likeness (QED) is 0.493. The average molecular weight is 397 g/mol. The Morgan fingerprint density at radius 1 is 1.25 bits per heavy atom. The second-order valence-corrected chi connectivity index (χ2v) is 7.00. The van der Waals surface area contributed by atoms with Crippen LogP contribution in [0.25, 0.3) is 27.5 Å². The Morgan fingerprint density at radius 2 is 2.00 bits per heavy atom. The Hall–Kier alpha value is -3.16. The number of aromatic nitrogens is 3. The summed E-state index contributed by atoms with van der Waals surface area (Å²) >= 11 is 5.93. The van der Waals surface area contributed by atoms with E-state index in [2.05, 4.69) is 15.4 Å².